The number of fused-ring (bicyclic) bond motifs is 10. The number of Topliss-reactive ketones (excluding diaryl/α,β-unsaturated/α-hetero) is 1. The molecule has 2 nitrogen and oxygen atoms in total. The van der Waals surface area contributed by atoms with Crippen LogP contribution in [0.2, 0.25) is 0 Å². The van der Waals surface area contributed by atoms with Gasteiger partial charge in [-0.25, -0.2) is 0 Å². The molecule has 1 aliphatic carbocycles. The second-order valence-corrected chi connectivity index (χ2v) is 7.23. The minimum atomic E-state index is -0.455. The predicted molar refractivity (Wildman–Crippen MR) is 115 cm³/mol. The molecule has 0 aliphatic heterocycles. The van der Waals surface area contributed by atoms with Gasteiger partial charge in [0.05, 0.1) is 0 Å². The SMILES string of the molecule is O=C1C=Cc2c(c3ccccc3c3c2ccc2ccc4ccccc4c23)C1=O. The van der Waals surface area contributed by atoms with Gasteiger partial charge in [0.1, 0.15) is 0 Å². The van der Waals surface area contributed by atoms with E-state index in [1.807, 2.05) is 24.3 Å². The molecule has 6 rings (SSSR count). The molecule has 0 unspecified atom stereocenters. The maximum atomic E-state index is 12.7. The van der Waals surface area contributed by atoms with E-state index in [0.29, 0.717) is 5.56 Å². The van der Waals surface area contributed by atoms with Gasteiger partial charge in [-0.05, 0) is 60.8 Å². The average molecular weight is 358 g/mol. The molecule has 0 bridgehead atoms. The van der Waals surface area contributed by atoms with Gasteiger partial charge in [0.2, 0.25) is 11.6 Å². The van der Waals surface area contributed by atoms with Crippen LogP contribution in [0.4, 0.5) is 0 Å². The monoisotopic (exact) mass is 358 g/mol. The number of carbonyl (C=O) groups is 2. The summed E-state index contributed by atoms with van der Waals surface area (Å²) >= 11 is 0. The molecule has 130 valence electrons. The predicted octanol–water partition coefficient (Wildman–Crippen LogP) is 6.08. The standard InChI is InChI=1S/C26H14O2/c27-22-14-13-21-20-12-11-16-10-9-15-5-1-2-6-17(15)23(16)24(20)18-7-3-4-8-19(18)25(21)26(22)28/h1-14H. The lowest BCUT2D eigenvalue weighted by Crippen LogP contribution is -2.17. The zero-order valence-corrected chi connectivity index (χ0v) is 14.9. The maximum absolute atomic E-state index is 12.7. The summed E-state index contributed by atoms with van der Waals surface area (Å²) in [5, 5.41) is 8.72. The first kappa shape index (κ1) is 15.3. The van der Waals surface area contributed by atoms with Crippen LogP contribution < -0.4 is 0 Å². The number of allylic oxidation sites excluding steroid dienone is 1. The summed E-state index contributed by atoms with van der Waals surface area (Å²) in [5.74, 6) is -0.878. The van der Waals surface area contributed by atoms with Crippen LogP contribution in [-0.2, 0) is 4.79 Å². The van der Waals surface area contributed by atoms with E-state index < -0.39 is 11.6 Å². The van der Waals surface area contributed by atoms with Crippen LogP contribution in [0.5, 0.6) is 0 Å². The van der Waals surface area contributed by atoms with Gasteiger partial charge < -0.3 is 0 Å². The molecule has 0 aromatic heterocycles. The summed E-state index contributed by atoms with van der Waals surface area (Å²) in [7, 11) is 0. The number of rotatable bonds is 0. The second kappa shape index (κ2) is 5.37. The third kappa shape index (κ3) is 1.87. The Morgan fingerprint density at radius 3 is 2.04 bits per heavy atom. The summed E-state index contributed by atoms with van der Waals surface area (Å²) < 4.78 is 0. The van der Waals surface area contributed by atoms with Crippen LogP contribution in [0, 0.1) is 0 Å². The minimum absolute atomic E-state index is 0.423. The van der Waals surface area contributed by atoms with Crippen molar-refractivity contribution in [2.45, 2.75) is 0 Å². The van der Waals surface area contributed by atoms with Crippen LogP contribution in [0.15, 0.2) is 78.9 Å². The summed E-state index contributed by atoms with van der Waals surface area (Å²) in [6, 6.07) is 24.8. The molecule has 0 heterocycles. The number of ketones is 2. The average Bonchev–Trinajstić information content (AvgIpc) is 2.75. The van der Waals surface area contributed by atoms with E-state index in [1.54, 1.807) is 6.08 Å². The fourth-order valence-electron chi connectivity index (χ4n) is 4.58. The van der Waals surface area contributed by atoms with Gasteiger partial charge in [-0.3, -0.25) is 9.59 Å². The molecule has 0 fully saturated rings. The van der Waals surface area contributed by atoms with Crippen LogP contribution in [-0.4, -0.2) is 11.6 Å². The molecular formula is C26H14O2. The molecule has 5 aromatic rings. The number of benzene rings is 5. The van der Waals surface area contributed by atoms with Crippen molar-refractivity contribution in [3.05, 3.63) is 90.0 Å². The second-order valence-electron chi connectivity index (χ2n) is 7.23. The van der Waals surface area contributed by atoms with E-state index in [4.69, 9.17) is 0 Å². The molecule has 0 amide bonds. The van der Waals surface area contributed by atoms with Gasteiger partial charge in [-0.1, -0.05) is 72.8 Å². The zero-order valence-electron chi connectivity index (χ0n) is 14.9. The van der Waals surface area contributed by atoms with Crippen molar-refractivity contribution in [2.75, 3.05) is 0 Å². The van der Waals surface area contributed by atoms with Crippen molar-refractivity contribution >= 4 is 60.7 Å². The van der Waals surface area contributed by atoms with Crippen molar-refractivity contribution in [2.24, 2.45) is 0 Å². The van der Waals surface area contributed by atoms with Crippen molar-refractivity contribution in [3.8, 4) is 0 Å². The van der Waals surface area contributed by atoms with Gasteiger partial charge in [0, 0.05) is 5.56 Å². The Kier molecular flexibility index (Phi) is 2.93. The summed E-state index contributed by atoms with van der Waals surface area (Å²) in [5.41, 5.74) is 1.36. The van der Waals surface area contributed by atoms with Crippen molar-refractivity contribution in [1.82, 2.24) is 0 Å². The quantitative estimate of drug-likeness (QED) is 0.248. The van der Waals surface area contributed by atoms with Crippen molar-refractivity contribution in [1.29, 1.82) is 0 Å². The van der Waals surface area contributed by atoms with Gasteiger partial charge >= 0.3 is 0 Å². The van der Waals surface area contributed by atoms with Gasteiger partial charge in [-0.2, -0.15) is 0 Å². The van der Waals surface area contributed by atoms with E-state index in [1.165, 1.54) is 27.6 Å². The number of carbonyl (C=O) groups excluding carboxylic acids is 2. The summed E-state index contributed by atoms with van der Waals surface area (Å²) in [6.07, 6.45) is 3.19. The Labute approximate surface area is 160 Å². The molecule has 2 heteroatoms. The lowest BCUT2D eigenvalue weighted by Gasteiger charge is -2.18. The Balaban J connectivity index is 1.99. The van der Waals surface area contributed by atoms with E-state index in [-0.39, 0.29) is 0 Å². The van der Waals surface area contributed by atoms with Gasteiger partial charge in [0.25, 0.3) is 0 Å². The Morgan fingerprint density at radius 1 is 0.500 bits per heavy atom. The molecule has 0 saturated carbocycles. The summed E-state index contributed by atoms with van der Waals surface area (Å²) in [4.78, 5) is 24.8. The minimum Gasteiger partial charge on any atom is -0.286 e. The highest BCUT2D eigenvalue weighted by molar-refractivity contribution is 6.53. The van der Waals surface area contributed by atoms with Crippen molar-refractivity contribution in [3.63, 3.8) is 0 Å². The smallest absolute Gasteiger partial charge is 0.234 e. The topological polar surface area (TPSA) is 34.1 Å². The van der Waals surface area contributed by atoms with E-state index in [9.17, 15) is 9.59 Å². The highest BCUT2D eigenvalue weighted by Gasteiger charge is 2.26. The summed E-state index contributed by atoms with van der Waals surface area (Å²) in [6.45, 7) is 0. The molecular weight excluding hydrogens is 344 g/mol. The van der Waals surface area contributed by atoms with Crippen LogP contribution in [0.25, 0.3) is 49.2 Å². The molecule has 0 spiro atoms. The van der Waals surface area contributed by atoms with E-state index in [0.717, 1.165) is 27.1 Å². The zero-order chi connectivity index (χ0) is 18.8. The van der Waals surface area contributed by atoms with Crippen LogP contribution in [0.3, 0.4) is 0 Å². The molecule has 1 aliphatic rings. The highest BCUT2D eigenvalue weighted by atomic mass is 16.2. The molecule has 5 aromatic carbocycles. The largest absolute Gasteiger partial charge is 0.286 e. The Bertz CT molecular complexity index is 1540. The van der Waals surface area contributed by atoms with E-state index >= 15 is 0 Å². The molecule has 0 atom stereocenters. The molecule has 0 radical (unpaired) electrons. The fourth-order valence-corrected chi connectivity index (χ4v) is 4.58. The van der Waals surface area contributed by atoms with Crippen LogP contribution >= 0.6 is 0 Å². The number of hydrogen-bond donors (Lipinski definition) is 0. The van der Waals surface area contributed by atoms with E-state index in [2.05, 4.69) is 48.5 Å². The number of hydrogen-bond acceptors (Lipinski definition) is 2. The first-order valence-electron chi connectivity index (χ1n) is 9.29. The van der Waals surface area contributed by atoms with Crippen LogP contribution in [0.1, 0.15) is 15.9 Å². The first-order valence-corrected chi connectivity index (χ1v) is 9.29. The maximum Gasteiger partial charge on any atom is 0.234 e. The third-order valence-corrected chi connectivity index (χ3v) is 5.79. The Morgan fingerprint density at radius 2 is 1.18 bits per heavy atom. The molecule has 28 heavy (non-hydrogen) atoms. The Hall–Kier alpha value is -3.78. The highest BCUT2D eigenvalue weighted by Crippen LogP contribution is 2.41. The molecule has 0 saturated heterocycles. The van der Waals surface area contributed by atoms with Gasteiger partial charge in [-0.15, -0.1) is 0 Å². The third-order valence-electron chi connectivity index (χ3n) is 5.79. The normalized spacial score (nSPS) is 13.7. The molecule has 0 N–H and O–H groups in total. The lowest BCUT2D eigenvalue weighted by atomic mass is 9.83. The van der Waals surface area contributed by atoms with Crippen molar-refractivity contribution < 1.29 is 9.59 Å². The first-order chi connectivity index (χ1) is 13.7. The van der Waals surface area contributed by atoms with Gasteiger partial charge in [0.15, 0.2) is 0 Å². The lowest BCUT2D eigenvalue weighted by molar-refractivity contribution is -0.110. The fraction of sp³-hybridized carbons (Fsp3) is 0.